The van der Waals surface area contributed by atoms with Crippen LogP contribution in [0.4, 0.5) is 10.2 Å². The van der Waals surface area contributed by atoms with E-state index in [4.69, 9.17) is 5.10 Å². The molecule has 0 saturated carbocycles. The van der Waals surface area contributed by atoms with Crippen molar-refractivity contribution in [3.63, 3.8) is 0 Å². The van der Waals surface area contributed by atoms with Gasteiger partial charge in [-0.15, -0.1) is 0 Å². The van der Waals surface area contributed by atoms with Crippen LogP contribution in [-0.2, 0) is 6.54 Å². The molecule has 3 aromatic carbocycles. The number of likely N-dealkylation sites (N-methyl/N-ethyl adjacent to an activating group) is 1. The van der Waals surface area contributed by atoms with Gasteiger partial charge >= 0.3 is 0 Å². The molecule has 0 atom stereocenters. The SMILES string of the molecule is CCCN(Cc1c(C)nn(-c2cccc(F)c2)c1N1CCN(CC)CC1)C(=O)c1ccc2ccccc2c1. The maximum atomic E-state index is 14.2. The van der Waals surface area contributed by atoms with Gasteiger partial charge in [0.2, 0.25) is 0 Å². The van der Waals surface area contributed by atoms with Crippen LogP contribution in [0.3, 0.4) is 0 Å². The van der Waals surface area contributed by atoms with Crippen molar-refractivity contribution in [2.45, 2.75) is 33.7 Å². The quantitative estimate of drug-likeness (QED) is 0.305. The lowest BCUT2D eigenvalue weighted by Gasteiger charge is -2.36. The van der Waals surface area contributed by atoms with E-state index >= 15 is 0 Å². The predicted molar refractivity (Wildman–Crippen MR) is 152 cm³/mol. The molecule has 2 heterocycles. The molecule has 0 aliphatic carbocycles. The summed E-state index contributed by atoms with van der Waals surface area (Å²) < 4.78 is 16.1. The Morgan fingerprint density at radius 1 is 0.947 bits per heavy atom. The van der Waals surface area contributed by atoms with Crippen molar-refractivity contribution >= 4 is 22.5 Å². The smallest absolute Gasteiger partial charge is 0.254 e. The zero-order chi connectivity index (χ0) is 26.6. The summed E-state index contributed by atoms with van der Waals surface area (Å²) in [4.78, 5) is 20.5. The summed E-state index contributed by atoms with van der Waals surface area (Å²) in [6.45, 7) is 12.0. The first-order valence-electron chi connectivity index (χ1n) is 13.6. The highest BCUT2D eigenvalue weighted by Gasteiger charge is 2.28. The third-order valence-corrected chi connectivity index (χ3v) is 7.46. The number of aryl methyl sites for hydroxylation is 1. The zero-order valence-corrected chi connectivity index (χ0v) is 22.5. The van der Waals surface area contributed by atoms with Gasteiger partial charge in [-0.2, -0.15) is 5.10 Å². The van der Waals surface area contributed by atoms with Gasteiger partial charge in [-0.05, 0) is 61.0 Å². The molecule has 1 aromatic heterocycles. The molecule has 1 saturated heterocycles. The summed E-state index contributed by atoms with van der Waals surface area (Å²) in [6, 6.07) is 20.6. The molecule has 198 valence electrons. The number of benzene rings is 3. The molecule has 1 amide bonds. The third-order valence-electron chi connectivity index (χ3n) is 7.46. The lowest BCUT2D eigenvalue weighted by atomic mass is 10.1. The fourth-order valence-electron chi connectivity index (χ4n) is 5.34. The first kappa shape index (κ1) is 25.9. The minimum Gasteiger partial charge on any atom is -0.354 e. The topological polar surface area (TPSA) is 44.6 Å². The van der Waals surface area contributed by atoms with Crippen molar-refractivity contribution in [1.82, 2.24) is 19.6 Å². The molecule has 1 aliphatic heterocycles. The summed E-state index contributed by atoms with van der Waals surface area (Å²) in [7, 11) is 0. The second kappa shape index (κ2) is 11.4. The molecule has 0 spiro atoms. The monoisotopic (exact) mass is 513 g/mol. The number of hydrogen-bond donors (Lipinski definition) is 0. The molecule has 1 aliphatic rings. The number of nitrogens with zero attached hydrogens (tertiary/aromatic N) is 5. The molecule has 4 aromatic rings. The lowest BCUT2D eigenvalue weighted by molar-refractivity contribution is 0.0743. The average Bonchev–Trinajstić information content (AvgIpc) is 3.27. The highest BCUT2D eigenvalue weighted by Crippen LogP contribution is 2.30. The van der Waals surface area contributed by atoms with Gasteiger partial charge in [0.15, 0.2) is 0 Å². The normalized spacial score (nSPS) is 14.3. The van der Waals surface area contributed by atoms with Crippen molar-refractivity contribution in [3.05, 3.63) is 89.4 Å². The van der Waals surface area contributed by atoms with E-state index in [9.17, 15) is 9.18 Å². The van der Waals surface area contributed by atoms with Crippen LogP contribution in [0.1, 0.15) is 41.9 Å². The molecule has 0 radical (unpaired) electrons. The molecule has 38 heavy (non-hydrogen) atoms. The summed E-state index contributed by atoms with van der Waals surface area (Å²) >= 11 is 0. The number of anilines is 1. The average molecular weight is 514 g/mol. The molecule has 5 rings (SSSR count). The van der Waals surface area contributed by atoms with Gasteiger partial charge in [0.25, 0.3) is 5.91 Å². The van der Waals surface area contributed by atoms with Crippen LogP contribution in [0.25, 0.3) is 16.5 Å². The fourth-order valence-corrected chi connectivity index (χ4v) is 5.34. The number of rotatable bonds is 8. The van der Waals surface area contributed by atoms with Gasteiger partial charge in [0, 0.05) is 43.9 Å². The van der Waals surface area contributed by atoms with Crippen LogP contribution in [0.15, 0.2) is 66.7 Å². The Morgan fingerprint density at radius 3 is 2.42 bits per heavy atom. The number of hydrogen-bond acceptors (Lipinski definition) is 4. The Balaban J connectivity index is 1.53. The van der Waals surface area contributed by atoms with Crippen LogP contribution in [0.2, 0.25) is 0 Å². The van der Waals surface area contributed by atoms with Crippen molar-refractivity contribution < 1.29 is 9.18 Å². The van der Waals surface area contributed by atoms with Crippen molar-refractivity contribution in [3.8, 4) is 5.69 Å². The fraction of sp³-hybridized carbons (Fsp3) is 0.355. The van der Waals surface area contributed by atoms with E-state index < -0.39 is 0 Å². The molecule has 1 fully saturated rings. The van der Waals surface area contributed by atoms with E-state index in [2.05, 4.69) is 29.7 Å². The number of fused-ring (bicyclic) bond motifs is 1. The van der Waals surface area contributed by atoms with E-state index in [0.29, 0.717) is 24.3 Å². The number of halogens is 1. The Bertz CT molecular complexity index is 1420. The van der Waals surface area contributed by atoms with Crippen molar-refractivity contribution in [1.29, 1.82) is 0 Å². The number of piperazine rings is 1. The molecular weight excluding hydrogens is 477 g/mol. The van der Waals surface area contributed by atoms with Crippen LogP contribution in [-0.4, -0.2) is 64.8 Å². The van der Waals surface area contributed by atoms with Gasteiger partial charge in [-0.1, -0.05) is 50.2 Å². The minimum atomic E-state index is -0.293. The van der Waals surface area contributed by atoms with E-state index in [0.717, 1.165) is 67.0 Å². The summed E-state index contributed by atoms with van der Waals surface area (Å²) in [5.74, 6) is 0.673. The molecule has 0 unspecified atom stereocenters. The zero-order valence-electron chi connectivity index (χ0n) is 22.5. The van der Waals surface area contributed by atoms with Gasteiger partial charge in [-0.25, -0.2) is 9.07 Å². The van der Waals surface area contributed by atoms with Gasteiger partial charge in [0.05, 0.1) is 17.9 Å². The number of carbonyl (C=O) groups is 1. The summed E-state index contributed by atoms with van der Waals surface area (Å²) in [5.41, 5.74) is 3.25. The van der Waals surface area contributed by atoms with Crippen molar-refractivity contribution in [2.75, 3.05) is 44.2 Å². The first-order chi connectivity index (χ1) is 18.5. The second-order valence-electron chi connectivity index (χ2n) is 9.99. The predicted octanol–water partition coefficient (Wildman–Crippen LogP) is 5.67. The molecular formula is C31H36FN5O. The Kier molecular flexibility index (Phi) is 7.74. The van der Waals surface area contributed by atoms with Crippen LogP contribution in [0, 0.1) is 12.7 Å². The molecule has 7 heteroatoms. The Hall–Kier alpha value is -3.71. The van der Waals surface area contributed by atoms with E-state index in [1.807, 2.05) is 59.0 Å². The summed E-state index contributed by atoms with van der Waals surface area (Å²) in [6.07, 6.45) is 0.848. The number of carbonyl (C=O) groups excluding carboxylic acids is 1. The minimum absolute atomic E-state index is 0.0114. The maximum absolute atomic E-state index is 14.2. The van der Waals surface area contributed by atoms with E-state index in [1.54, 1.807) is 6.07 Å². The van der Waals surface area contributed by atoms with Gasteiger partial charge in [0.1, 0.15) is 11.6 Å². The maximum Gasteiger partial charge on any atom is 0.254 e. The number of amides is 1. The lowest BCUT2D eigenvalue weighted by Crippen LogP contribution is -2.47. The Labute approximate surface area is 224 Å². The van der Waals surface area contributed by atoms with E-state index in [-0.39, 0.29) is 11.7 Å². The van der Waals surface area contributed by atoms with Crippen molar-refractivity contribution in [2.24, 2.45) is 0 Å². The number of aromatic nitrogens is 2. The summed E-state index contributed by atoms with van der Waals surface area (Å²) in [5, 5.41) is 7.05. The highest BCUT2D eigenvalue weighted by atomic mass is 19.1. The molecule has 0 N–H and O–H groups in total. The van der Waals surface area contributed by atoms with Crippen LogP contribution in [0.5, 0.6) is 0 Å². The third kappa shape index (κ3) is 5.29. The molecule has 6 nitrogen and oxygen atoms in total. The Morgan fingerprint density at radius 2 is 1.71 bits per heavy atom. The molecule has 0 bridgehead atoms. The highest BCUT2D eigenvalue weighted by molar-refractivity contribution is 5.98. The van der Waals surface area contributed by atoms with Gasteiger partial charge in [-0.3, -0.25) is 4.79 Å². The first-order valence-corrected chi connectivity index (χ1v) is 13.6. The van der Waals surface area contributed by atoms with Gasteiger partial charge < -0.3 is 14.7 Å². The van der Waals surface area contributed by atoms with Crippen LogP contribution < -0.4 is 4.90 Å². The van der Waals surface area contributed by atoms with E-state index in [1.165, 1.54) is 12.1 Å². The van der Waals surface area contributed by atoms with Crippen LogP contribution >= 0.6 is 0 Å². The largest absolute Gasteiger partial charge is 0.354 e. The standard InChI is InChI=1S/C31H36FN5O/c1-4-15-36(31(38)26-14-13-24-9-6-7-10-25(24)20-26)22-29-23(3)33-37(28-12-8-11-27(32)21-28)30(29)35-18-16-34(5-2)17-19-35/h6-14,20-21H,4-5,15-19,22H2,1-3H3. The second-order valence-corrected chi connectivity index (χ2v) is 9.99.